The van der Waals surface area contributed by atoms with Gasteiger partial charge in [-0.3, -0.25) is 0 Å². The predicted molar refractivity (Wildman–Crippen MR) is 81.4 cm³/mol. The van der Waals surface area contributed by atoms with Crippen molar-refractivity contribution in [2.75, 3.05) is 0 Å². The molecule has 1 fully saturated rings. The van der Waals surface area contributed by atoms with E-state index in [1.54, 1.807) is 18.6 Å². The molecule has 4 rings (SSSR count). The Morgan fingerprint density at radius 1 is 1.19 bits per heavy atom. The molecule has 2 aromatic heterocycles. The van der Waals surface area contributed by atoms with Gasteiger partial charge in [0.1, 0.15) is 0 Å². The van der Waals surface area contributed by atoms with Crippen LogP contribution >= 0.6 is 0 Å². The summed E-state index contributed by atoms with van der Waals surface area (Å²) in [7, 11) is 0. The Bertz CT molecular complexity index is 733. The molecule has 106 valence electrons. The average molecular weight is 409 g/mol. The van der Waals surface area contributed by atoms with Crippen LogP contribution in [0.2, 0.25) is 4.82 Å². The zero-order chi connectivity index (χ0) is 14.6. The maximum absolute atomic E-state index is 12.7. The molecule has 4 nitrogen and oxygen atoms in total. The van der Waals surface area contributed by atoms with E-state index in [1.165, 1.54) is 0 Å². The van der Waals surface area contributed by atoms with E-state index in [0.717, 1.165) is 16.8 Å². The van der Waals surface area contributed by atoms with Gasteiger partial charge in [-0.25, -0.2) is 0 Å². The number of carbonyl (C=O) groups excluding carboxylic acids is 1. The number of ketones is 1. The summed E-state index contributed by atoms with van der Waals surface area (Å²) >= 11 is 0.941. The molecular weight excluding hydrogens is 396 g/mol. The first kappa shape index (κ1) is 13.6. The molecule has 0 spiro atoms. The van der Waals surface area contributed by atoms with E-state index < -0.39 is 0 Å². The number of aromatic nitrogens is 3. The van der Waals surface area contributed by atoms with Crippen molar-refractivity contribution in [1.82, 2.24) is 15.0 Å². The van der Waals surface area contributed by atoms with Crippen molar-refractivity contribution >= 4 is 32.0 Å². The van der Waals surface area contributed by atoms with E-state index in [-0.39, 0.29) is 16.0 Å². The molecule has 0 amide bonds. The van der Waals surface area contributed by atoms with E-state index in [2.05, 4.69) is 23.8 Å². The average Bonchev–Trinajstić information content (AvgIpc) is 2.71. The molecule has 0 N–H and O–H groups in total. The molecule has 1 aliphatic heterocycles. The summed E-state index contributed by atoms with van der Waals surface area (Å²) < 4.78 is 0. The van der Waals surface area contributed by atoms with Crippen molar-refractivity contribution < 1.29 is 4.79 Å². The van der Waals surface area contributed by atoms with Gasteiger partial charge in [0.15, 0.2) is 0 Å². The van der Waals surface area contributed by atoms with E-state index in [4.69, 9.17) is 4.98 Å². The minimum atomic E-state index is 0.0602. The molecule has 2 aliphatic rings. The molecule has 1 saturated heterocycles. The summed E-state index contributed by atoms with van der Waals surface area (Å²) in [5, 5.41) is 0. The molecule has 0 radical (unpaired) electrons. The van der Waals surface area contributed by atoms with Crippen LogP contribution in [0.1, 0.15) is 34.7 Å². The molecule has 2 atom stereocenters. The van der Waals surface area contributed by atoms with Crippen LogP contribution in [-0.2, 0) is 0 Å². The molecule has 0 aromatic carbocycles. The number of carbonyl (C=O) groups is 1. The molecule has 3 heterocycles. The third kappa shape index (κ3) is 1.94. The zero-order valence-corrected chi connectivity index (χ0v) is 15.0. The molecule has 6 heteroatoms. The van der Waals surface area contributed by atoms with E-state index in [9.17, 15) is 4.79 Å². The molecule has 0 saturated carbocycles. The Hall–Kier alpha value is -1.06. The van der Waals surface area contributed by atoms with E-state index in [1.807, 2.05) is 12.1 Å². The number of nitrogens with zero attached hydrogens (tertiary/aromatic N) is 3. The number of hydrogen-bond acceptors (Lipinski definition) is 4. The van der Waals surface area contributed by atoms with Crippen LogP contribution in [0, 0.1) is 5.41 Å². The van der Waals surface area contributed by atoms with Gasteiger partial charge >= 0.3 is 134 Å². The summed E-state index contributed by atoms with van der Waals surface area (Å²) in [5.41, 5.74) is 2.71. The van der Waals surface area contributed by atoms with Crippen LogP contribution < -0.4 is 0 Å². The predicted octanol–water partition coefficient (Wildman–Crippen LogP) is 1.93. The Labute approximate surface area is 134 Å². The summed E-state index contributed by atoms with van der Waals surface area (Å²) in [6.07, 6.45) is 5.24. The van der Waals surface area contributed by atoms with Gasteiger partial charge in [-0.15, -0.1) is 0 Å². The minimum absolute atomic E-state index is 0.0602. The van der Waals surface area contributed by atoms with Gasteiger partial charge in [-0.1, -0.05) is 0 Å². The zero-order valence-electron chi connectivity index (χ0n) is 11.6. The summed E-state index contributed by atoms with van der Waals surface area (Å²) in [4.78, 5) is 26.6. The van der Waals surface area contributed by atoms with Crippen molar-refractivity contribution in [1.29, 1.82) is 0 Å². The van der Waals surface area contributed by atoms with Crippen LogP contribution in [-0.4, -0.2) is 47.0 Å². The third-order valence-electron chi connectivity index (χ3n) is 4.09. The molecule has 1 aliphatic carbocycles. The topological polar surface area (TPSA) is 55.7 Å². The summed E-state index contributed by atoms with van der Waals surface area (Å²) in [6.45, 7) is 4.46. The fraction of sp³-hybridized carbons (Fsp3) is 0.333. The Morgan fingerprint density at radius 3 is 2.76 bits per heavy atom. The normalized spacial score (nSPS) is 25.7. The first-order chi connectivity index (χ1) is 10.1. The SMILES string of the molecule is CC1(C)C2[Se][Se]C1c1nc(-c3cccnc3)ncc1C2=O. The fourth-order valence-electron chi connectivity index (χ4n) is 2.84. The number of fused-ring (bicyclic) bond motifs is 4. The monoisotopic (exact) mass is 411 g/mol. The standard InChI is InChI=1S/C15H13N3OSe2/c1-15(2)12-10-9(11(19)13(15)21-20-12)7-17-14(18-10)8-4-3-5-16-6-8/h3-7,12-13H,1-2H3. The van der Waals surface area contributed by atoms with Crippen LogP contribution in [0.3, 0.4) is 0 Å². The van der Waals surface area contributed by atoms with Crippen LogP contribution in [0.5, 0.6) is 0 Å². The fourth-order valence-corrected chi connectivity index (χ4v) is 16.1. The van der Waals surface area contributed by atoms with Crippen molar-refractivity contribution in [2.24, 2.45) is 5.41 Å². The Morgan fingerprint density at radius 2 is 2.00 bits per heavy atom. The van der Waals surface area contributed by atoms with Gasteiger partial charge in [0.05, 0.1) is 0 Å². The van der Waals surface area contributed by atoms with Gasteiger partial charge in [0.2, 0.25) is 0 Å². The second-order valence-corrected chi connectivity index (χ2v) is 12.9. The van der Waals surface area contributed by atoms with Crippen LogP contribution in [0.15, 0.2) is 30.7 Å². The quantitative estimate of drug-likeness (QED) is 0.676. The first-order valence-electron chi connectivity index (χ1n) is 6.73. The van der Waals surface area contributed by atoms with Crippen molar-refractivity contribution in [3.05, 3.63) is 42.0 Å². The molecule has 21 heavy (non-hydrogen) atoms. The van der Waals surface area contributed by atoms with Gasteiger partial charge in [0, 0.05) is 0 Å². The molecule has 2 unspecified atom stereocenters. The second kappa shape index (κ2) is 4.72. The van der Waals surface area contributed by atoms with Crippen molar-refractivity contribution in [2.45, 2.75) is 23.5 Å². The van der Waals surface area contributed by atoms with Crippen molar-refractivity contribution in [3.8, 4) is 11.4 Å². The number of Topliss-reactive ketones (excluding diaryl/α,β-unsaturated/α-hetero) is 1. The van der Waals surface area contributed by atoms with Gasteiger partial charge < -0.3 is 0 Å². The Balaban J connectivity index is 1.88. The number of hydrogen-bond donors (Lipinski definition) is 0. The van der Waals surface area contributed by atoms with Gasteiger partial charge in [0.25, 0.3) is 0 Å². The molecule has 2 bridgehead atoms. The molecule has 2 aromatic rings. The first-order valence-corrected chi connectivity index (χ1v) is 13.0. The van der Waals surface area contributed by atoms with Crippen LogP contribution in [0.4, 0.5) is 0 Å². The third-order valence-corrected chi connectivity index (χ3v) is 14.0. The van der Waals surface area contributed by atoms with Gasteiger partial charge in [-0.05, 0) is 0 Å². The summed E-state index contributed by atoms with van der Waals surface area (Å²) in [6, 6.07) is 3.84. The molecular formula is C15H13N3OSe2. The number of rotatable bonds is 1. The van der Waals surface area contributed by atoms with Gasteiger partial charge in [-0.2, -0.15) is 0 Å². The Kier molecular flexibility index (Phi) is 3.05. The number of pyridine rings is 1. The second-order valence-electron chi connectivity index (χ2n) is 5.87. The summed E-state index contributed by atoms with van der Waals surface area (Å²) in [5.74, 6) is 0.947. The van der Waals surface area contributed by atoms with Crippen LogP contribution in [0.25, 0.3) is 11.4 Å². The van der Waals surface area contributed by atoms with E-state index in [0.29, 0.717) is 36.9 Å². The maximum atomic E-state index is 12.7. The van der Waals surface area contributed by atoms with Crippen molar-refractivity contribution in [3.63, 3.8) is 0 Å². The van der Waals surface area contributed by atoms with E-state index >= 15 is 0 Å².